The predicted octanol–water partition coefficient (Wildman–Crippen LogP) is -0.408. The van der Waals surface area contributed by atoms with Gasteiger partial charge in [-0.2, -0.15) is 0 Å². The number of amides is 1. The molecule has 19 heavy (non-hydrogen) atoms. The first-order valence-electron chi connectivity index (χ1n) is 6.02. The Morgan fingerprint density at radius 3 is 2.53 bits per heavy atom. The number of likely N-dealkylation sites (tertiary alicyclic amines) is 1. The zero-order chi connectivity index (χ0) is 14.4. The zero-order valence-corrected chi connectivity index (χ0v) is 10.7. The number of rotatable bonds is 5. The van der Waals surface area contributed by atoms with Crippen molar-refractivity contribution >= 4 is 18.0 Å². The number of hydrogen-bond donors (Lipinski definition) is 3. The number of aliphatic carboxylic acids is 2. The monoisotopic (exact) mass is 274 g/mol. The van der Waals surface area contributed by atoms with Gasteiger partial charge in [-0.15, -0.1) is 0 Å². The van der Waals surface area contributed by atoms with Crippen molar-refractivity contribution < 1.29 is 29.3 Å². The highest BCUT2D eigenvalue weighted by Gasteiger charge is 2.33. The van der Waals surface area contributed by atoms with Crippen LogP contribution in [0.25, 0.3) is 0 Å². The molecule has 2 unspecified atom stereocenters. The summed E-state index contributed by atoms with van der Waals surface area (Å²) in [5.74, 6) is -2.72. The summed E-state index contributed by atoms with van der Waals surface area (Å²) < 4.78 is 4.72. The second-order valence-corrected chi connectivity index (χ2v) is 4.42. The van der Waals surface area contributed by atoms with E-state index in [1.54, 1.807) is 6.92 Å². The van der Waals surface area contributed by atoms with Crippen molar-refractivity contribution in [3.05, 3.63) is 0 Å². The lowest BCUT2D eigenvalue weighted by Crippen LogP contribution is -2.53. The zero-order valence-electron chi connectivity index (χ0n) is 10.7. The second kappa shape index (κ2) is 6.93. The fourth-order valence-electron chi connectivity index (χ4n) is 2.13. The molecule has 8 nitrogen and oxygen atoms in total. The van der Waals surface area contributed by atoms with Crippen molar-refractivity contribution in [2.45, 2.75) is 19.4 Å². The van der Waals surface area contributed by atoms with Crippen molar-refractivity contribution in [2.75, 3.05) is 26.2 Å². The van der Waals surface area contributed by atoms with Gasteiger partial charge in [-0.05, 0) is 13.3 Å². The van der Waals surface area contributed by atoms with E-state index in [0.29, 0.717) is 6.54 Å². The lowest BCUT2D eigenvalue weighted by molar-refractivity contribution is -0.146. The summed E-state index contributed by atoms with van der Waals surface area (Å²) in [4.78, 5) is 34.5. The minimum Gasteiger partial charge on any atom is -0.481 e. The van der Waals surface area contributed by atoms with Crippen LogP contribution in [0.4, 0.5) is 4.79 Å². The topological polar surface area (TPSA) is 116 Å². The summed E-state index contributed by atoms with van der Waals surface area (Å²) in [6.45, 7) is 2.11. The standard InChI is InChI=1S/C11H18N2O6/c1-2-19-11(18)12-8-3-7(10(16)17)4-13(5-8)6-9(14)15/h7-8H,2-6H2,1H3,(H,12,18)(H,14,15)(H,16,17). The second-order valence-electron chi connectivity index (χ2n) is 4.42. The summed E-state index contributed by atoms with van der Waals surface area (Å²) in [6, 6.07) is -0.423. The van der Waals surface area contributed by atoms with Crippen LogP contribution in [0.1, 0.15) is 13.3 Å². The number of ether oxygens (including phenoxy) is 1. The number of nitrogens with zero attached hydrogens (tertiary/aromatic N) is 1. The van der Waals surface area contributed by atoms with Crippen LogP contribution in [0, 0.1) is 5.92 Å². The summed E-state index contributed by atoms with van der Waals surface area (Å²) >= 11 is 0. The largest absolute Gasteiger partial charge is 0.481 e. The van der Waals surface area contributed by atoms with Gasteiger partial charge in [0, 0.05) is 19.1 Å². The van der Waals surface area contributed by atoms with Gasteiger partial charge in [-0.25, -0.2) is 4.79 Å². The van der Waals surface area contributed by atoms with E-state index in [1.807, 2.05) is 0 Å². The third-order valence-electron chi connectivity index (χ3n) is 2.83. The highest BCUT2D eigenvalue weighted by atomic mass is 16.5. The maximum Gasteiger partial charge on any atom is 0.407 e. The predicted molar refractivity (Wildman–Crippen MR) is 63.8 cm³/mol. The van der Waals surface area contributed by atoms with Crippen molar-refractivity contribution in [1.29, 1.82) is 0 Å². The molecule has 0 spiro atoms. The molecule has 8 heteroatoms. The molecule has 1 aliphatic heterocycles. The molecule has 1 heterocycles. The van der Waals surface area contributed by atoms with E-state index < -0.39 is 30.0 Å². The average Bonchev–Trinajstić information content (AvgIpc) is 2.27. The maximum atomic E-state index is 11.3. The van der Waals surface area contributed by atoms with Gasteiger partial charge in [-0.3, -0.25) is 14.5 Å². The minimum atomic E-state index is -1.03. The molecule has 1 fully saturated rings. The molecule has 108 valence electrons. The Bertz CT molecular complexity index is 359. The van der Waals surface area contributed by atoms with Crippen molar-refractivity contribution in [3.63, 3.8) is 0 Å². The summed E-state index contributed by atoms with van der Waals surface area (Å²) in [5, 5.41) is 20.3. The van der Waals surface area contributed by atoms with Crippen molar-refractivity contribution in [1.82, 2.24) is 10.2 Å². The minimum absolute atomic E-state index is 0.169. The Labute approximate surface area is 110 Å². The Morgan fingerprint density at radius 2 is 2.00 bits per heavy atom. The molecule has 0 aliphatic carbocycles. The molecule has 0 aromatic carbocycles. The first-order valence-corrected chi connectivity index (χ1v) is 6.02. The third kappa shape index (κ3) is 5.12. The van der Waals surface area contributed by atoms with Crippen LogP contribution in [0.15, 0.2) is 0 Å². The van der Waals surface area contributed by atoms with Crippen LogP contribution < -0.4 is 5.32 Å². The number of carboxylic acid groups (broad SMARTS) is 2. The molecule has 1 amide bonds. The van der Waals surface area contributed by atoms with E-state index in [1.165, 1.54) is 4.90 Å². The quantitative estimate of drug-likeness (QED) is 0.624. The van der Waals surface area contributed by atoms with Crippen LogP contribution >= 0.6 is 0 Å². The molecule has 0 aromatic heterocycles. The molecule has 1 aliphatic rings. The van der Waals surface area contributed by atoms with E-state index >= 15 is 0 Å². The van der Waals surface area contributed by atoms with Gasteiger partial charge in [0.25, 0.3) is 0 Å². The van der Waals surface area contributed by atoms with Gasteiger partial charge in [0.05, 0.1) is 19.1 Å². The molecule has 0 aromatic rings. The number of hydrogen-bond acceptors (Lipinski definition) is 5. The van der Waals surface area contributed by atoms with Gasteiger partial charge in [0.1, 0.15) is 0 Å². The Hall–Kier alpha value is -1.83. The van der Waals surface area contributed by atoms with Crippen LogP contribution in [0.5, 0.6) is 0 Å². The molecule has 2 atom stereocenters. The Morgan fingerprint density at radius 1 is 1.32 bits per heavy atom. The SMILES string of the molecule is CCOC(=O)NC1CC(C(=O)O)CN(CC(=O)O)C1. The molecule has 0 bridgehead atoms. The summed E-state index contributed by atoms with van der Waals surface area (Å²) in [5.41, 5.74) is 0. The van der Waals surface area contributed by atoms with E-state index in [2.05, 4.69) is 5.32 Å². The summed E-state index contributed by atoms with van der Waals surface area (Å²) in [7, 11) is 0. The van der Waals surface area contributed by atoms with Crippen LogP contribution in [0.3, 0.4) is 0 Å². The summed E-state index contributed by atoms with van der Waals surface area (Å²) in [6.07, 6.45) is -0.349. The van der Waals surface area contributed by atoms with Gasteiger partial charge in [0.2, 0.25) is 0 Å². The fourth-order valence-corrected chi connectivity index (χ4v) is 2.13. The normalized spacial score (nSPS) is 23.6. The Balaban J connectivity index is 2.61. The molecule has 1 rings (SSSR count). The Kier molecular flexibility index (Phi) is 5.56. The van der Waals surface area contributed by atoms with E-state index in [4.69, 9.17) is 14.9 Å². The highest BCUT2D eigenvalue weighted by Crippen LogP contribution is 2.17. The van der Waals surface area contributed by atoms with E-state index in [0.717, 1.165) is 0 Å². The smallest absolute Gasteiger partial charge is 0.407 e. The molecular weight excluding hydrogens is 256 g/mol. The highest BCUT2D eigenvalue weighted by molar-refractivity contribution is 5.72. The molecule has 0 radical (unpaired) electrons. The number of carbonyl (C=O) groups is 3. The van der Waals surface area contributed by atoms with Crippen molar-refractivity contribution in [2.24, 2.45) is 5.92 Å². The van der Waals surface area contributed by atoms with E-state index in [-0.39, 0.29) is 26.1 Å². The van der Waals surface area contributed by atoms with Gasteiger partial charge < -0.3 is 20.3 Å². The van der Waals surface area contributed by atoms with Crippen molar-refractivity contribution in [3.8, 4) is 0 Å². The molecule has 1 saturated heterocycles. The first kappa shape index (κ1) is 15.2. The van der Waals surface area contributed by atoms with Gasteiger partial charge in [0.15, 0.2) is 0 Å². The van der Waals surface area contributed by atoms with Crippen LogP contribution in [-0.2, 0) is 14.3 Å². The number of nitrogens with one attached hydrogen (secondary N) is 1. The van der Waals surface area contributed by atoms with E-state index in [9.17, 15) is 14.4 Å². The lowest BCUT2D eigenvalue weighted by Gasteiger charge is -2.35. The molecular formula is C11H18N2O6. The number of carboxylic acids is 2. The molecule has 3 N–H and O–H groups in total. The van der Waals surface area contributed by atoms with Crippen LogP contribution in [0.2, 0.25) is 0 Å². The fraction of sp³-hybridized carbons (Fsp3) is 0.727. The number of carbonyl (C=O) groups excluding carboxylic acids is 1. The average molecular weight is 274 g/mol. The van der Waals surface area contributed by atoms with Crippen LogP contribution in [-0.4, -0.2) is 65.4 Å². The molecule has 0 saturated carbocycles. The number of alkyl carbamates (subject to hydrolysis) is 1. The van der Waals surface area contributed by atoms with Gasteiger partial charge >= 0.3 is 18.0 Å². The third-order valence-corrected chi connectivity index (χ3v) is 2.83. The maximum absolute atomic E-state index is 11.3. The lowest BCUT2D eigenvalue weighted by atomic mass is 9.94. The number of piperidine rings is 1. The first-order chi connectivity index (χ1) is 8.92. The van der Waals surface area contributed by atoms with Gasteiger partial charge in [-0.1, -0.05) is 0 Å².